The van der Waals surface area contributed by atoms with Crippen molar-refractivity contribution in [3.05, 3.63) is 59.3 Å². The van der Waals surface area contributed by atoms with Crippen molar-refractivity contribution in [2.24, 2.45) is 0 Å². The van der Waals surface area contributed by atoms with Crippen molar-refractivity contribution >= 4 is 5.91 Å². The molecule has 0 fully saturated rings. The van der Waals surface area contributed by atoms with Crippen molar-refractivity contribution in [1.82, 2.24) is 5.32 Å². The average molecular weight is 283 g/mol. The van der Waals surface area contributed by atoms with Crippen LogP contribution in [0.25, 0.3) is 0 Å². The van der Waals surface area contributed by atoms with Gasteiger partial charge in [-0.25, -0.2) is 0 Å². The molecule has 0 spiro atoms. The first kappa shape index (κ1) is 16.0. The number of carbonyl (C=O) groups excluding carboxylic acids is 1. The van der Waals surface area contributed by atoms with Crippen LogP contribution >= 0.6 is 0 Å². The summed E-state index contributed by atoms with van der Waals surface area (Å²) in [4.78, 5) is 12.1. The van der Waals surface area contributed by atoms with E-state index in [2.05, 4.69) is 11.9 Å². The van der Waals surface area contributed by atoms with E-state index in [4.69, 9.17) is 0 Å². The summed E-state index contributed by atoms with van der Waals surface area (Å²) in [5.74, 6) is -0.782. The van der Waals surface area contributed by atoms with Crippen LogP contribution in [0.1, 0.15) is 34.8 Å². The van der Waals surface area contributed by atoms with E-state index < -0.39 is 17.6 Å². The number of halogens is 3. The molecule has 0 bridgehead atoms. The van der Waals surface area contributed by atoms with E-state index in [-0.39, 0.29) is 11.1 Å². The van der Waals surface area contributed by atoms with Crippen LogP contribution in [0.5, 0.6) is 0 Å². The molecule has 108 valence electrons. The van der Waals surface area contributed by atoms with Crippen LogP contribution in [0.4, 0.5) is 13.2 Å². The Kier molecular flexibility index (Phi) is 5.13. The summed E-state index contributed by atoms with van der Waals surface area (Å²) in [7, 11) is 0. The maximum Gasteiger partial charge on any atom is 0.417 e. The van der Waals surface area contributed by atoms with Crippen molar-refractivity contribution < 1.29 is 18.0 Å². The van der Waals surface area contributed by atoms with Crippen LogP contribution < -0.4 is 5.32 Å². The fourth-order valence-corrected chi connectivity index (χ4v) is 1.80. The molecule has 0 aliphatic carbocycles. The zero-order chi connectivity index (χ0) is 15.3. The van der Waals surface area contributed by atoms with Gasteiger partial charge in [0.05, 0.1) is 11.1 Å². The lowest BCUT2D eigenvalue weighted by atomic mass is 10.0. The van der Waals surface area contributed by atoms with E-state index in [0.29, 0.717) is 12.1 Å². The molecule has 0 saturated carbocycles. The highest BCUT2D eigenvalue weighted by Gasteiger charge is 2.35. The SMILES string of the molecule is C=C/C(=C\CC)NC(=O)c1c(C)cccc1C(F)(F)F. The molecule has 0 aliphatic heterocycles. The van der Waals surface area contributed by atoms with Gasteiger partial charge in [0, 0.05) is 5.70 Å². The number of nitrogens with one attached hydrogen (secondary N) is 1. The molecule has 20 heavy (non-hydrogen) atoms. The first-order valence-corrected chi connectivity index (χ1v) is 6.12. The number of carbonyl (C=O) groups is 1. The van der Waals surface area contributed by atoms with Crippen molar-refractivity contribution in [3.8, 4) is 0 Å². The molecule has 0 radical (unpaired) electrons. The van der Waals surface area contributed by atoms with Crippen LogP contribution in [0.15, 0.2) is 42.6 Å². The van der Waals surface area contributed by atoms with Gasteiger partial charge in [-0.3, -0.25) is 4.79 Å². The molecule has 0 heterocycles. The Labute approximate surface area is 116 Å². The quantitative estimate of drug-likeness (QED) is 0.823. The second-order valence-corrected chi connectivity index (χ2v) is 4.22. The Morgan fingerprint density at radius 1 is 1.40 bits per heavy atom. The summed E-state index contributed by atoms with van der Waals surface area (Å²) in [5, 5.41) is 2.44. The molecule has 1 aromatic carbocycles. The summed E-state index contributed by atoms with van der Waals surface area (Å²) < 4.78 is 38.8. The highest BCUT2D eigenvalue weighted by atomic mass is 19.4. The maximum absolute atomic E-state index is 12.9. The Bertz CT molecular complexity index is 545. The number of allylic oxidation sites excluding steroid dienone is 2. The second kappa shape index (κ2) is 6.41. The Morgan fingerprint density at radius 2 is 2.05 bits per heavy atom. The maximum atomic E-state index is 12.9. The van der Waals surface area contributed by atoms with Gasteiger partial charge in [0.1, 0.15) is 0 Å². The van der Waals surface area contributed by atoms with Gasteiger partial charge in [-0.15, -0.1) is 0 Å². The van der Waals surface area contributed by atoms with E-state index in [9.17, 15) is 18.0 Å². The van der Waals surface area contributed by atoms with Gasteiger partial charge in [0.2, 0.25) is 0 Å². The third-order valence-electron chi connectivity index (χ3n) is 2.71. The van der Waals surface area contributed by atoms with E-state index in [1.807, 2.05) is 6.92 Å². The molecule has 0 aromatic heterocycles. The minimum atomic E-state index is -4.57. The first-order valence-electron chi connectivity index (χ1n) is 6.12. The molecule has 0 atom stereocenters. The van der Waals surface area contributed by atoms with Gasteiger partial charge in [-0.2, -0.15) is 13.2 Å². The topological polar surface area (TPSA) is 29.1 Å². The summed E-state index contributed by atoms with van der Waals surface area (Å²) in [5.41, 5.74) is -0.620. The molecule has 1 aromatic rings. The zero-order valence-corrected chi connectivity index (χ0v) is 11.3. The Morgan fingerprint density at radius 3 is 2.55 bits per heavy atom. The van der Waals surface area contributed by atoms with Gasteiger partial charge in [-0.1, -0.05) is 31.7 Å². The lowest BCUT2D eigenvalue weighted by Crippen LogP contribution is -2.26. The van der Waals surface area contributed by atoms with Crippen LogP contribution in [0.2, 0.25) is 0 Å². The van der Waals surface area contributed by atoms with Gasteiger partial charge < -0.3 is 5.32 Å². The molecule has 0 unspecified atom stereocenters. The zero-order valence-electron chi connectivity index (χ0n) is 11.3. The van der Waals surface area contributed by atoms with E-state index in [0.717, 1.165) is 6.07 Å². The smallest absolute Gasteiger partial charge is 0.322 e. The average Bonchev–Trinajstić information content (AvgIpc) is 2.36. The molecule has 1 rings (SSSR count). The van der Waals surface area contributed by atoms with Crippen molar-refractivity contribution in [3.63, 3.8) is 0 Å². The van der Waals surface area contributed by atoms with E-state index in [1.165, 1.54) is 25.1 Å². The first-order chi connectivity index (χ1) is 9.31. The monoisotopic (exact) mass is 283 g/mol. The summed E-state index contributed by atoms with van der Waals surface area (Å²) in [6, 6.07) is 3.66. The summed E-state index contributed by atoms with van der Waals surface area (Å²) >= 11 is 0. The van der Waals surface area contributed by atoms with E-state index >= 15 is 0 Å². The third kappa shape index (κ3) is 3.73. The second-order valence-electron chi connectivity index (χ2n) is 4.22. The van der Waals surface area contributed by atoms with Gasteiger partial charge >= 0.3 is 6.18 Å². The number of hydrogen-bond acceptors (Lipinski definition) is 1. The number of benzene rings is 1. The normalized spacial score (nSPS) is 12.2. The predicted octanol–water partition coefficient (Wildman–Crippen LogP) is 4.22. The van der Waals surface area contributed by atoms with Crippen LogP contribution in [0.3, 0.4) is 0 Å². The Balaban J connectivity index is 3.22. The van der Waals surface area contributed by atoms with Crippen LogP contribution in [0, 0.1) is 6.92 Å². The Hall–Kier alpha value is -2.04. The summed E-state index contributed by atoms with van der Waals surface area (Å²) in [6.45, 7) is 6.84. The van der Waals surface area contributed by atoms with Crippen LogP contribution in [-0.4, -0.2) is 5.91 Å². The van der Waals surface area contributed by atoms with Crippen molar-refractivity contribution in [2.45, 2.75) is 26.4 Å². The number of hydrogen-bond donors (Lipinski definition) is 1. The fraction of sp³-hybridized carbons (Fsp3) is 0.267. The lowest BCUT2D eigenvalue weighted by molar-refractivity contribution is -0.138. The molecular weight excluding hydrogens is 267 g/mol. The van der Waals surface area contributed by atoms with Gasteiger partial charge in [-0.05, 0) is 31.1 Å². The number of rotatable bonds is 4. The third-order valence-corrected chi connectivity index (χ3v) is 2.71. The highest BCUT2D eigenvalue weighted by molar-refractivity contribution is 5.98. The van der Waals surface area contributed by atoms with Crippen molar-refractivity contribution in [1.29, 1.82) is 0 Å². The standard InChI is InChI=1S/C15H16F3NO/c1-4-7-11(5-2)19-14(20)13-10(3)8-6-9-12(13)15(16,17)18/h5-9H,2,4H2,1,3H3,(H,19,20)/b11-7+. The minimum Gasteiger partial charge on any atom is -0.322 e. The van der Waals surface area contributed by atoms with Crippen LogP contribution in [-0.2, 0) is 6.18 Å². The summed E-state index contributed by atoms with van der Waals surface area (Å²) in [6.07, 6.45) is -0.855. The molecule has 1 amide bonds. The molecule has 1 N–H and O–H groups in total. The van der Waals surface area contributed by atoms with Crippen molar-refractivity contribution in [2.75, 3.05) is 0 Å². The number of alkyl halides is 3. The van der Waals surface area contributed by atoms with E-state index in [1.54, 1.807) is 6.08 Å². The molecule has 5 heteroatoms. The molecule has 0 aliphatic rings. The minimum absolute atomic E-state index is 0.275. The lowest BCUT2D eigenvalue weighted by Gasteiger charge is -2.15. The largest absolute Gasteiger partial charge is 0.417 e. The molecule has 0 saturated heterocycles. The van der Waals surface area contributed by atoms with Gasteiger partial charge in [0.25, 0.3) is 5.91 Å². The number of amides is 1. The molecular formula is C15H16F3NO. The number of aryl methyl sites for hydroxylation is 1. The highest BCUT2D eigenvalue weighted by Crippen LogP contribution is 2.33. The van der Waals surface area contributed by atoms with Gasteiger partial charge in [0.15, 0.2) is 0 Å². The fourth-order valence-electron chi connectivity index (χ4n) is 1.80. The molecule has 2 nitrogen and oxygen atoms in total. The predicted molar refractivity (Wildman–Crippen MR) is 72.2 cm³/mol.